The number of phosphoric acid groups is 1. The third kappa shape index (κ3) is 18.9. The normalized spacial score (nSPS) is 15.7. The van der Waals surface area contributed by atoms with Crippen LogP contribution < -0.4 is 5.73 Å². The van der Waals surface area contributed by atoms with E-state index in [-0.39, 0.29) is 18.7 Å². The van der Waals surface area contributed by atoms with Crippen LogP contribution in [-0.4, -0.2) is 52.9 Å². The maximum Gasteiger partial charge on any atom is 0.473 e. The lowest BCUT2D eigenvalue weighted by atomic mass is 10.0. The maximum atomic E-state index is 12.2. The molecule has 32 heavy (non-hydrogen) atoms. The van der Waals surface area contributed by atoms with E-state index < -0.39 is 33.2 Å². The van der Waals surface area contributed by atoms with Gasteiger partial charge < -0.3 is 20.8 Å². The number of Topliss-reactive ketones (excluding diaryl/α,β-unsaturated/α-hetero) is 1. The van der Waals surface area contributed by atoms with Crippen LogP contribution in [0, 0.1) is 0 Å². The van der Waals surface area contributed by atoms with Crippen LogP contribution in [0.2, 0.25) is 0 Å². The minimum Gasteiger partial charge on any atom is -0.394 e. The summed E-state index contributed by atoms with van der Waals surface area (Å²) in [6, 6.07) is 0. The van der Waals surface area contributed by atoms with E-state index >= 15 is 0 Å². The fraction of sp³-hybridized carbons (Fsp3) is 0.870. The highest BCUT2D eigenvalue weighted by molar-refractivity contribution is 7.47. The van der Waals surface area contributed by atoms with E-state index in [9.17, 15) is 14.3 Å². The van der Waals surface area contributed by atoms with Gasteiger partial charge in [0.2, 0.25) is 0 Å². The Bertz CT molecular complexity index is 530. The maximum absolute atomic E-state index is 12.2. The lowest BCUT2D eigenvalue weighted by Crippen LogP contribution is -2.32. The monoisotopic (exact) mass is 479 g/mol. The van der Waals surface area contributed by atoms with Gasteiger partial charge in [-0.1, -0.05) is 70.4 Å². The molecule has 0 spiro atoms. The second kappa shape index (κ2) is 21.0. The summed E-state index contributed by atoms with van der Waals surface area (Å²) in [6.07, 6.45) is 17.3. The van der Waals surface area contributed by atoms with Gasteiger partial charge in [-0.3, -0.25) is 13.8 Å². The van der Waals surface area contributed by atoms with E-state index in [1.54, 1.807) is 0 Å². The molecule has 0 heterocycles. The van der Waals surface area contributed by atoms with Crippen LogP contribution >= 0.6 is 7.82 Å². The molecule has 0 aromatic rings. The number of carbonyl (C=O) groups excluding carboxylic acids is 1. The molecular formula is C23H46NO7P. The first-order valence-electron chi connectivity index (χ1n) is 12.2. The summed E-state index contributed by atoms with van der Waals surface area (Å²) in [7, 11) is -4.54. The number of carbonyl (C=O) groups is 1. The summed E-state index contributed by atoms with van der Waals surface area (Å²) < 4.78 is 21.2. The largest absolute Gasteiger partial charge is 0.473 e. The molecule has 0 saturated heterocycles. The molecule has 0 saturated carbocycles. The Balaban J connectivity index is 3.77. The highest BCUT2D eigenvalue weighted by Gasteiger charge is 2.30. The van der Waals surface area contributed by atoms with Crippen molar-refractivity contribution in [2.75, 3.05) is 19.8 Å². The van der Waals surface area contributed by atoms with Crippen molar-refractivity contribution in [3.05, 3.63) is 12.2 Å². The van der Waals surface area contributed by atoms with Crippen molar-refractivity contribution in [2.45, 2.75) is 109 Å². The number of phosphoric ester groups is 1. The molecule has 0 radical (unpaired) electrons. The van der Waals surface area contributed by atoms with Gasteiger partial charge in [-0.05, 0) is 32.1 Å². The minimum absolute atomic E-state index is 0.222. The third-order valence-corrected chi connectivity index (χ3v) is 6.16. The van der Waals surface area contributed by atoms with Crippen molar-refractivity contribution < 1.29 is 33.5 Å². The second-order valence-electron chi connectivity index (χ2n) is 8.23. The Morgan fingerprint density at radius 3 is 2.03 bits per heavy atom. The van der Waals surface area contributed by atoms with E-state index in [4.69, 9.17) is 20.5 Å². The molecule has 8 nitrogen and oxygen atoms in total. The Morgan fingerprint density at radius 2 is 1.50 bits per heavy atom. The summed E-state index contributed by atoms with van der Waals surface area (Å²) in [4.78, 5) is 21.8. The van der Waals surface area contributed by atoms with Gasteiger partial charge in [0.1, 0.15) is 12.2 Å². The Labute approximate surface area is 194 Å². The Morgan fingerprint density at radius 1 is 0.969 bits per heavy atom. The highest BCUT2D eigenvalue weighted by atomic mass is 31.2. The zero-order valence-corrected chi connectivity index (χ0v) is 20.7. The number of aliphatic hydroxyl groups is 2. The quantitative estimate of drug-likeness (QED) is 0.0960. The molecule has 0 rings (SSSR count). The molecule has 3 unspecified atom stereocenters. The molecule has 3 atom stereocenters. The van der Waals surface area contributed by atoms with Gasteiger partial charge in [0.05, 0.1) is 13.2 Å². The van der Waals surface area contributed by atoms with E-state index in [0.29, 0.717) is 6.42 Å². The summed E-state index contributed by atoms with van der Waals surface area (Å²) in [5.41, 5.74) is 5.49. The van der Waals surface area contributed by atoms with Crippen LogP contribution in [0.1, 0.15) is 96.8 Å². The fourth-order valence-corrected chi connectivity index (χ4v) is 4.13. The molecule has 190 valence electrons. The number of unbranched alkanes of at least 4 members (excludes halogenated alkanes) is 11. The van der Waals surface area contributed by atoms with E-state index in [1.807, 2.05) is 0 Å². The number of rotatable bonds is 23. The van der Waals surface area contributed by atoms with Crippen LogP contribution in [0.25, 0.3) is 0 Å². The van der Waals surface area contributed by atoms with Gasteiger partial charge in [0, 0.05) is 13.0 Å². The number of nitrogens with two attached hydrogens (primary N) is 1. The van der Waals surface area contributed by atoms with E-state index in [2.05, 4.69) is 23.6 Å². The molecule has 0 fully saturated rings. The number of allylic oxidation sites excluding steroid dienone is 2. The minimum atomic E-state index is -4.54. The molecule has 0 aromatic heterocycles. The first-order chi connectivity index (χ1) is 15.4. The average Bonchev–Trinajstić information content (AvgIpc) is 2.78. The predicted octanol–water partition coefficient (Wildman–Crippen LogP) is 4.41. The number of hydrogen-bond donors (Lipinski definition) is 4. The van der Waals surface area contributed by atoms with Crippen LogP contribution in [0.15, 0.2) is 12.2 Å². The zero-order chi connectivity index (χ0) is 24.1. The van der Waals surface area contributed by atoms with Crippen molar-refractivity contribution >= 4 is 13.6 Å². The lowest BCUT2D eigenvalue weighted by Gasteiger charge is -2.19. The molecule has 0 aliphatic rings. The average molecular weight is 480 g/mol. The summed E-state index contributed by atoms with van der Waals surface area (Å²) >= 11 is 0. The fourth-order valence-electron chi connectivity index (χ4n) is 3.19. The topological polar surface area (TPSA) is 139 Å². The van der Waals surface area contributed by atoms with Gasteiger partial charge in [-0.2, -0.15) is 0 Å². The molecular weight excluding hydrogens is 433 g/mol. The zero-order valence-electron chi connectivity index (χ0n) is 19.8. The van der Waals surface area contributed by atoms with Gasteiger partial charge >= 0.3 is 7.82 Å². The standard InChI is InChI=1S/C23H46NO7P/c1-2-3-4-5-6-7-8-9-10-11-12-13-14-15-16-17-22(27)23(18-24)31-32(28,29)30-20-21(26)19-25/h9-10,21,23,25-26H,2-8,11-20,24H2,1H3,(H,28,29)/b10-9-. The SMILES string of the molecule is CCCCCCCC/C=C\CCCCCCCC(=O)C(CN)OP(=O)(O)OCC(O)CO. The molecule has 9 heteroatoms. The first-order valence-corrected chi connectivity index (χ1v) is 13.7. The predicted molar refractivity (Wildman–Crippen MR) is 127 cm³/mol. The van der Waals surface area contributed by atoms with Crippen molar-refractivity contribution in [1.82, 2.24) is 0 Å². The number of aliphatic hydroxyl groups excluding tert-OH is 2. The van der Waals surface area contributed by atoms with Gasteiger partial charge in [0.25, 0.3) is 0 Å². The molecule has 0 aromatic carbocycles. The van der Waals surface area contributed by atoms with Crippen LogP contribution in [0.5, 0.6) is 0 Å². The van der Waals surface area contributed by atoms with Gasteiger partial charge in [-0.15, -0.1) is 0 Å². The number of hydrogen-bond acceptors (Lipinski definition) is 7. The molecule has 0 bridgehead atoms. The summed E-state index contributed by atoms with van der Waals surface area (Å²) in [5.74, 6) is -0.342. The van der Waals surface area contributed by atoms with Gasteiger partial charge in [0.15, 0.2) is 5.78 Å². The Hall–Kier alpha value is -0.600. The van der Waals surface area contributed by atoms with E-state index in [1.165, 1.54) is 44.9 Å². The lowest BCUT2D eigenvalue weighted by molar-refractivity contribution is -0.126. The van der Waals surface area contributed by atoms with Crippen LogP contribution in [-0.2, 0) is 18.4 Å². The van der Waals surface area contributed by atoms with Crippen molar-refractivity contribution in [2.24, 2.45) is 5.73 Å². The van der Waals surface area contributed by atoms with E-state index in [0.717, 1.165) is 32.1 Å². The summed E-state index contributed by atoms with van der Waals surface area (Å²) in [5, 5.41) is 17.9. The highest BCUT2D eigenvalue weighted by Crippen LogP contribution is 2.44. The molecule has 0 aliphatic heterocycles. The summed E-state index contributed by atoms with van der Waals surface area (Å²) in [6.45, 7) is 0.805. The molecule has 0 aliphatic carbocycles. The van der Waals surface area contributed by atoms with Gasteiger partial charge in [-0.25, -0.2) is 4.57 Å². The first kappa shape index (κ1) is 31.4. The molecule has 0 amide bonds. The van der Waals surface area contributed by atoms with Crippen LogP contribution in [0.4, 0.5) is 0 Å². The molecule has 5 N–H and O–H groups in total. The van der Waals surface area contributed by atoms with Crippen molar-refractivity contribution in [1.29, 1.82) is 0 Å². The van der Waals surface area contributed by atoms with Crippen molar-refractivity contribution in [3.63, 3.8) is 0 Å². The van der Waals surface area contributed by atoms with Crippen LogP contribution in [0.3, 0.4) is 0 Å². The van der Waals surface area contributed by atoms with Crippen molar-refractivity contribution in [3.8, 4) is 0 Å². The Kier molecular flexibility index (Phi) is 20.6. The number of ketones is 1. The smallest absolute Gasteiger partial charge is 0.394 e. The second-order valence-corrected chi connectivity index (χ2v) is 9.64. The third-order valence-electron chi connectivity index (χ3n) is 5.16.